The first-order chi connectivity index (χ1) is 8.79. The molecule has 1 atom stereocenters. The molecule has 2 rings (SSSR count). The summed E-state index contributed by atoms with van der Waals surface area (Å²) < 4.78 is 39.6. The van der Waals surface area contributed by atoms with Gasteiger partial charge in [0.25, 0.3) is 0 Å². The SMILES string of the molecule is Cc1ccn(-c2cc(Cl)ccc2[C@@H](N)C(F)(F)F)n1. The van der Waals surface area contributed by atoms with E-state index in [4.69, 9.17) is 17.3 Å². The Bertz CT molecular complexity index is 592. The van der Waals surface area contributed by atoms with E-state index in [-0.39, 0.29) is 11.3 Å². The summed E-state index contributed by atoms with van der Waals surface area (Å²) >= 11 is 5.83. The van der Waals surface area contributed by atoms with Gasteiger partial charge in [-0.2, -0.15) is 18.3 Å². The normalized spacial score (nSPS) is 13.6. The van der Waals surface area contributed by atoms with Gasteiger partial charge < -0.3 is 5.73 Å². The number of benzene rings is 1. The minimum Gasteiger partial charge on any atom is -0.316 e. The number of aromatic nitrogens is 2. The number of halogens is 4. The summed E-state index contributed by atoms with van der Waals surface area (Å²) in [5.41, 5.74) is 6.10. The highest BCUT2D eigenvalue weighted by Crippen LogP contribution is 2.34. The minimum atomic E-state index is -4.52. The first-order valence-corrected chi connectivity index (χ1v) is 5.81. The second-order valence-corrected chi connectivity index (χ2v) is 4.56. The van der Waals surface area contributed by atoms with Gasteiger partial charge in [0.15, 0.2) is 0 Å². The van der Waals surface area contributed by atoms with Gasteiger partial charge in [-0.15, -0.1) is 0 Å². The molecule has 7 heteroatoms. The summed E-state index contributed by atoms with van der Waals surface area (Å²) in [4.78, 5) is 0. The zero-order valence-electron chi connectivity index (χ0n) is 9.95. The van der Waals surface area contributed by atoms with Gasteiger partial charge in [-0.3, -0.25) is 0 Å². The fourth-order valence-electron chi connectivity index (χ4n) is 1.70. The molecule has 0 unspecified atom stereocenters. The molecule has 0 bridgehead atoms. The van der Waals surface area contributed by atoms with Crippen molar-refractivity contribution in [2.45, 2.75) is 19.1 Å². The molecule has 0 saturated heterocycles. The molecule has 1 aromatic heterocycles. The van der Waals surface area contributed by atoms with Crippen molar-refractivity contribution in [1.29, 1.82) is 0 Å². The lowest BCUT2D eigenvalue weighted by Crippen LogP contribution is -2.29. The Hall–Kier alpha value is -1.53. The van der Waals surface area contributed by atoms with E-state index in [1.807, 2.05) is 0 Å². The van der Waals surface area contributed by atoms with Crippen molar-refractivity contribution in [2.24, 2.45) is 5.73 Å². The molecule has 102 valence electrons. The topological polar surface area (TPSA) is 43.8 Å². The largest absolute Gasteiger partial charge is 0.407 e. The van der Waals surface area contributed by atoms with Gasteiger partial charge in [0.1, 0.15) is 6.04 Å². The maximum atomic E-state index is 12.7. The highest BCUT2D eigenvalue weighted by molar-refractivity contribution is 6.30. The highest BCUT2D eigenvalue weighted by Gasteiger charge is 2.39. The number of alkyl halides is 3. The van der Waals surface area contributed by atoms with Crippen molar-refractivity contribution in [3.63, 3.8) is 0 Å². The van der Waals surface area contributed by atoms with Crippen LogP contribution < -0.4 is 5.73 Å². The molecule has 2 N–H and O–H groups in total. The van der Waals surface area contributed by atoms with E-state index in [2.05, 4.69) is 5.10 Å². The van der Waals surface area contributed by atoms with E-state index in [1.54, 1.807) is 19.2 Å². The molecule has 0 radical (unpaired) electrons. The summed E-state index contributed by atoms with van der Waals surface area (Å²) in [6.07, 6.45) is -2.96. The summed E-state index contributed by atoms with van der Waals surface area (Å²) in [6, 6.07) is 3.66. The maximum absolute atomic E-state index is 12.7. The summed E-state index contributed by atoms with van der Waals surface area (Å²) in [5.74, 6) is 0. The molecule has 0 amide bonds. The van der Waals surface area contributed by atoms with Crippen LogP contribution in [-0.4, -0.2) is 16.0 Å². The lowest BCUT2D eigenvalue weighted by Gasteiger charge is -2.19. The van der Waals surface area contributed by atoms with Crippen molar-refractivity contribution in [3.8, 4) is 5.69 Å². The maximum Gasteiger partial charge on any atom is 0.407 e. The number of rotatable bonds is 2. The highest BCUT2D eigenvalue weighted by atomic mass is 35.5. The Labute approximate surface area is 112 Å². The van der Waals surface area contributed by atoms with Crippen molar-refractivity contribution in [3.05, 3.63) is 46.7 Å². The Balaban J connectivity index is 2.56. The van der Waals surface area contributed by atoms with Gasteiger partial charge in [0.05, 0.1) is 11.4 Å². The van der Waals surface area contributed by atoms with Crippen LogP contribution in [0.25, 0.3) is 5.69 Å². The molecule has 0 aliphatic carbocycles. The predicted octanol–water partition coefficient (Wildman–Crippen LogP) is 3.40. The zero-order chi connectivity index (χ0) is 14.2. The molecular weight excluding hydrogens is 279 g/mol. The van der Waals surface area contributed by atoms with Crippen LogP contribution in [0.1, 0.15) is 17.3 Å². The summed E-state index contributed by atoms with van der Waals surface area (Å²) in [6.45, 7) is 1.74. The smallest absolute Gasteiger partial charge is 0.316 e. The molecule has 0 fully saturated rings. The average Bonchev–Trinajstić information content (AvgIpc) is 2.73. The molecule has 0 aliphatic rings. The number of nitrogens with two attached hydrogens (primary N) is 1. The number of aryl methyl sites for hydroxylation is 1. The summed E-state index contributed by atoms with van der Waals surface area (Å²) in [5, 5.41) is 4.40. The van der Waals surface area contributed by atoms with Crippen molar-refractivity contribution in [2.75, 3.05) is 0 Å². The minimum absolute atomic E-state index is 0.0694. The lowest BCUT2D eigenvalue weighted by atomic mass is 10.1. The molecule has 19 heavy (non-hydrogen) atoms. The number of nitrogens with zero attached hydrogens (tertiary/aromatic N) is 2. The van der Waals surface area contributed by atoms with Gasteiger partial charge in [-0.05, 0) is 25.1 Å². The van der Waals surface area contributed by atoms with Crippen LogP contribution >= 0.6 is 11.6 Å². The second-order valence-electron chi connectivity index (χ2n) is 4.12. The van der Waals surface area contributed by atoms with E-state index < -0.39 is 12.2 Å². The third kappa shape index (κ3) is 2.90. The van der Waals surface area contributed by atoms with Crippen LogP contribution in [0.5, 0.6) is 0 Å². The van der Waals surface area contributed by atoms with Gasteiger partial charge in [-0.1, -0.05) is 17.7 Å². The number of hydrogen-bond donors (Lipinski definition) is 1. The van der Waals surface area contributed by atoms with E-state index in [9.17, 15) is 13.2 Å². The van der Waals surface area contributed by atoms with Crippen molar-refractivity contribution >= 4 is 11.6 Å². The fourth-order valence-corrected chi connectivity index (χ4v) is 1.87. The third-order valence-electron chi connectivity index (χ3n) is 2.65. The molecule has 3 nitrogen and oxygen atoms in total. The third-order valence-corrected chi connectivity index (χ3v) is 2.88. The molecule has 0 saturated carbocycles. The van der Waals surface area contributed by atoms with Crippen LogP contribution in [0.2, 0.25) is 5.02 Å². The van der Waals surface area contributed by atoms with E-state index >= 15 is 0 Å². The Morgan fingerprint density at radius 3 is 2.53 bits per heavy atom. The van der Waals surface area contributed by atoms with Gasteiger partial charge in [0.2, 0.25) is 0 Å². The lowest BCUT2D eigenvalue weighted by molar-refractivity contribution is -0.149. The van der Waals surface area contributed by atoms with E-state index in [0.717, 1.165) is 0 Å². The van der Waals surface area contributed by atoms with Crippen LogP contribution in [0.15, 0.2) is 30.5 Å². The van der Waals surface area contributed by atoms with Crippen molar-refractivity contribution in [1.82, 2.24) is 9.78 Å². The van der Waals surface area contributed by atoms with Crippen LogP contribution in [0.3, 0.4) is 0 Å². The zero-order valence-corrected chi connectivity index (χ0v) is 10.7. The second kappa shape index (κ2) is 4.86. The Morgan fingerprint density at radius 2 is 2.00 bits per heavy atom. The van der Waals surface area contributed by atoms with E-state index in [0.29, 0.717) is 10.7 Å². The average molecular weight is 290 g/mol. The number of hydrogen-bond acceptors (Lipinski definition) is 2. The van der Waals surface area contributed by atoms with Gasteiger partial charge in [0, 0.05) is 16.8 Å². The molecule has 1 heterocycles. The first-order valence-electron chi connectivity index (χ1n) is 5.43. The predicted molar refractivity (Wildman–Crippen MR) is 66.3 cm³/mol. The summed E-state index contributed by atoms with van der Waals surface area (Å²) in [7, 11) is 0. The Morgan fingerprint density at radius 1 is 1.32 bits per heavy atom. The first kappa shape index (κ1) is 13.9. The molecule has 2 aromatic rings. The quantitative estimate of drug-likeness (QED) is 0.921. The monoisotopic (exact) mass is 289 g/mol. The standard InChI is InChI=1S/C12H11ClF3N3/c1-7-4-5-19(18-7)10-6-8(13)2-3-9(10)11(17)12(14,15)16/h2-6,11H,17H2,1H3/t11-/m1/s1. The molecule has 0 spiro atoms. The fraction of sp³-hybridized carbons (Fsp3) is 0.250. The molecule has 1 aromatic carbocycles. The van der Waals surface area contributed by atoms with Crippen LogP contribution in [-0.2, 0) is 0 Å². The molecular formula is C12H11ClF3N3. The molecule has 0 aliphatic heterocycles. The van der Waals surface area contributed by atoms with Crippen molar-refractivity contribution < 1.29 is 13.2 Å². The van der Waals surface area contributed by atoms with Gasteiger partial charge in [-0.25, -0.2) is 4.68 Å². The van der Waals surface area contributed by atoms with E-state index in [1.165, 1.54) is 22.9 Å². The van der Waals surface area contributed by atoms with Crippen LogP contribution in [0, 0.1) is 6.92 Å². The van der Waals surface area contributed by atoms with Crippen LogP contribution in [0.4, 0.5) is 13.2 Å². The van der Waals surface area contributed by atoms with Gasteiger partial charge >= 0.3 is 6.18 Å². The Kier molecular flexibility index (Phi) is 3.56.